The quantitative estimate of drug-likeness (QED) is 0.856. The topological polar surface area (TPSA) is 54.5 Å². The fourth-order valence-corrected chi connectivity index (χ4v) is 4.17. The highest BCUT2D eigenvalue weighted by atomic mass is 19.1. The number of likely N-dealkylation sites (N-methyl/N-ethyl adjacent to an activating group) is 1. The lowest BCUT2D eigenvalue weighted by Crippen LogP contribution is -2.47. The zero-order chi connectivity index (χ0) is 19.7. The summed E-state index contributed by atoms with van der Waals surface area (Å²) in [5.41, 5.74) is 1.34. The fourth-order valence-electron chi connectivity index (χ4n) is 4.17. The van der Waals surface area contributed by atoms with Gasteiger partial charge in [-0.3, -0.25) is 15.1 Å². The first-order valence-corrected chi connectivity index (χ1v) is 9.50. The van der Waals surface area contributed by atoms with Crippen LogP contribution in [0.4, 0.5) is 8.78 Å². The van der Waals surface area contributed by atoms with Gasteiger partial charge in [-0.25, -0.2) is 8.78 Å². The Morgan fingerprint density at radius 2 is 2.18 bits per heavy atom. The summed E-state index contributed by atoms with van der Waals surface area (Å²) >= 11 is 0. The van der Waals surface area contributed by atoms with Crippen molar-refractivity contribution in [2.24, 2.45) is 0 Å². The van der Waals surface area contributed by atoms with Crippen molar-refractivity contribution in [3.63, 3.8) is 0 Å². The number of pyridine rings is 1. The van der Waals surface area contributed by atoms with Crippen LogP contribution in [0.3, 0.4) is 0 Å². The van der Waals surface area contributed by atoms with Gasteiger partial charge in [-0.05, 0) is 55.2 Å². The number of halogens is 2. The Hall–Kier alpha value is -2.54. The molecule has 3 heterocycles. The third-order valence-corrected chi connectivity index (χ3v) is 5.67. The standard InChI is InChI=1S/C21H23F2N3O2/c1-26-10-7-21(20(26)27)6-4-18(25-21)19-12-14(5-9-24-19)16-13-15(28-11-8-22)2-3-17(16)23/h2-3,5,9,12-13,18,25H,4,6-8,10-11H2,1H3/t18-,21+/m1/s1. The van der Waals surface area contributed by atoms with E-state index >= 15 is 0 Å². The average Bonchev–Trinajstić information content (AvgIpc) is 3.27. The highest BCUT2D eigenvalue weighted by Crippen LogP contribution is 2.39. The average molecular weight is 387 g/mol. The van der Waals surface area contributed by atoms with Gasteiger partial charge >= 0.3 is 0 Å². The van der Waals surface area contributed by atoms with Gasteiger partial charge in [0.25, 0.3) is 0 Å². The molecule has 1 spiro atoms. The third-order valence-electron chi connectivity index (χ3n) is 5.67. The van der Waals surface area contributed by atoms with Crippen LogP contribution in [0.25, 0.3) is 11.1 Å². The normalized spacial score (nSPS) is 24.3. The minimum absolute atomic E-state index is 0.0515. The molecule has 0 aliphatic carbocycles. The van der Waals surface area contributed by atoms with Gasteiger partial charge in [0.05, 0.1) is 11.7 Å². The summed E-state index contributed by atoms with van der Waals surface area (Å²) in [5, 5.41) is 3.48. The third kappa shape index (κ3) is 3.35. The van der Waals surface area contributed by atoms with E-state index in [4.69, 9.17) is 4.74 Å². The zero-order valence-electron chi connectivity index (χ0n) is 15.8. The number of hydrogen-bond acceptors (Lipinski definition) is 4. The summed E-state index contributed by atoms with van der Waals surface area (Å²) in [4.78, 5) is 18.7. The van der Waals surface area contributed by atoms with Crippen molar-refractivity contribution < 1.29 is 18.3 Å². The molecule has 0 saturated carbocycles. The van der Waals surface area contributed by atoms with Crippen LogP contribution in [0.1, 0.15) is 31.0 Å². The smallest absolute Gasteiger partial charge is 0.242 e. The van der Waals surface area contributed by atoms with Crippen LogP contribution in [0.2, 0.25) is 0 Å². The minimum Gasteiger partial charge on any atom is -0.491 e. The van der Waals surface area contributed by atoms with E-state index in [2.05, 4.69) is 10.3 Å². The van der Waals surface area contributed by atoms with Gasteiger partial charge in [-0.2, -0.15) is 0 Å². The molecule has 0 radical (unpaired) electrons. The Labute approximate surface area is 162 Å². The Morgan fingerprint density at radius 3 is 2.93 bits per heavy atom. The van der Waals surface area contributed by atoms with E-state index in [1.165, 1.54) is 12.1 Å². The second kappa shape index (κ2) is 7.47. The molecule has 2 atom stereocenters. The van der Waals surface area contributed by atoms with E-state index in [1.54, 1.807) is 23.2 Å². The number of carbonyl (C=O) groups excluding carboxylic acids is 1. The summed E-state index contributed by atoms with van der Waals surface area (Å²) in [7, 11) is 1.83. The number of likely N-dealkylation sites (tertiary alicyclic amines) is 1. The maximum atomic E-state index is 14.4. The fraction of sp³-hybridized carbons (Fsp3) is 0.429. The molecule has 2 fully saturated rings. The number of aromatic nitrogens is 1. The number of nitrogens with zero attached hydrogens (tertiary/aromatic N) is 2. The van der Waals surface area contributed by atoms with E-state index in [1.807, 2.05) is 13.1 Å². The van der Waals surface area contributed by atoms with Gasteiger partial charge in [0.1, 0.15) is 30.4 Å². The van der Waals surface area contributed by atoms with Gasteiger partial charge in [-0.15, -0.1) is 0 Å². The van der Waals surface area contributed by atoms with Gasteiger partial charge in [0, 0.05) is 25.4 Å². The van der Waals surface area contributed by atoms with Gasteiger partial charge in [0.2, 0.25) is 5.91 Å². The second-order valence-corrected chi connectivity index (χ2v) is 7.44. The Balaban J connectivity index is 1.58. The van der Waals surface area contributed by atoms with E-state index < -0.39 is 12.2 Å². The second-order valence-electron chi connectivity index (χ2n) is 7.44. The number of ether oxygens (including phenoxy) is 1. The van der Waals surface area contributed by atoms with E-state index in [0.29, 0.717) is 16.9 Å². The lowest BCUT2D eigenvalue weighted by molar-refractivity contribution is -0.131. The molecule has 4 rings (SSSR count). The van der Waals surface area contributed by atoms with Crippen molar-refractivity contribution in [1.82, 2.24) is 15.2 Å². The predicted octanol–water partition coefficient (Wildman–Crippen LogP) is 3.26. The van der Waals surface area contributed by atoms with Gasteiger partial charge in [0.15, 0.2) is 0 Å². The Bertz CT molecular complexity index is 892. The van der Waals surface area contributed by atoms with Crippen LogP contribution in [0.15, 0.2) is 36.5 Å². The van der Waals surface area contributed by atoms with Crippen LogP contribution in [0.5, 0.6) is 5.75 Å². The summed E-state index contributed by atoms with van der Waals surface area (Å²) in [6.45, 7) is 0.0846. The molecule has 0 unspecified atom stereocenters. The summed E-state index contributed by atoms with van der Waals surface area (Å²) < 4.78 is 32.0. The molecule has 1 N–H and O–H groups in total. The molecule has 2 aliphatic rings. The molecule has 5 nitrogen and oxygen atoms in total. The molecule has 7 heteroatoms. The molecule has 148 valence electrons. The number of alkyl halides is 1. The first-order valence-electron chi connectivity index (χ1n) is 9.50. The van der Waals surface area contributed by atoms with Crippen molar-refractivity contribution in [3.8, 4) is 16.9 Å². The van der Waals surface area contributed by atoms with E-state index in [9.17, 15) is 13.6 Å². The monoisotopic (exact) mass is 387 g/mol. The molecule has 1 aromatic carbocycles. The largest absolute Gasteiger partial charge is 0.491 e. The number of hydrogen-bond donors (Lipinski definition) is 1. The first-order chi connectivity index (χ1) is 13.5. The Morgan fingerprint density at radius 1 is 1.32 bits per heavy atom. The number of rotatable bonds is 5. The molecular formula is C21H23F2N3O2. The van der Waals surface area contributed by atoms with Crippen LogP contribution in [0, 0.1) is 5.82 Å². The highest BCUT2D eigenvalue weighted by molar-refractivity contribution is 5.88. The predicted molar refractivity (Wildman–Crippen MR) is 101 cm³/mol. The molecule has 0 bridgehead atoms. The SMILES string of the molecule is CN1CC[C@@]2(CC[C@H](c3cc(-c4cc(OCCF)ccc4F)ccn3)N2)C1=O. The van der Waals surface area contributed by atoms with Crippen molar-refractivity contribution in [1.29, 1.82) is 0 Å². The molecule has 2 aliphatic heterocycles. The first kappa shape index (κ1) is 18.8. The van der Waals surface area contributed by atoms with Crippen molar-refractivity contribution in [2.75, 3.05) is 26.9 Å². The minimum atomic E-state index is -0.602. The molecule has 2 aromatic rings. The number of amides is 1. The van der Waals surface area contributed by atoms with Crippen molar-refractivity contribution in [2.45, 2.75) is 30.8 Å². The maximum absolute atomic E-state index is 14.4. The molecule has 28 heavy (non-hydrogen) atoms. The molecule has 1 aromatic heterocycles. The van der Waals surface area contributed by atoms with E-state index in [0.717, 1.165) is 31.5 Å². The van der Waals surface area contributed by atoms with Crippen LogP contribution >= 0.6 is 0 Å². The molecule has 1 amide bonds. The number of carbonyl (C=O) groups is 1. The maximum Gasteiger partial charge on any atom is 0.242 e. The molecular weight excluding hydrogens is 364 g/mol. The summed E-state index contributed by atoms with van der Waals surface area (Å²) in [6.07, 6.45) is 4.02. The number of nitrogens with one attached hydrogen (secondary N) is 1. The van der Waals surface area contributed by atoms with Gasteiger partial charge < -0.3 is 9.64 Å². The summed E-state index contributed by atoms with van der Waals surface area (Å²) in [5.74, 6) is 0.174. The summed E-state index contributed by atoms with van der Waals surface area (Å²) in [6, 6.07) is 7.91. The van der Waals surface area contributed by atoms with Gasteiger partial charge in [-0.1, -0.05) is 0 Å². The van der Waals surface area contributed by atoms with E-state index in [-0.39, 0.29) is 24.4 Å². The van der Waals surface area contributed by atoms with Crippen LogP contribution in [-0.2, 0) is 4.79 Å². The Kier molecular flexibility index (Phi) is 5.02. The van der Waals surface area contributed by atoms with Crippen LogP contribution < -0.4 is 10.1 Å². The lowest BCUT2D eigenvalue weighted by Gasteiger charge is -2.23. The van der Waals surface area contributed by atoms with Crippen molar-refractivity contribution in [3.05, 3.63) is 48.0 Å². The lowest BCUT2D eigenvalue weighted by atomic mass is 9.96. The highest BCUT2D eigenvalue weighted by Gasteiger charge is 2.50. The molecule has 2 saturated heterocycles. The number of benzene rings is 1. The van der Waals surface area contributed by atoms with Crippen LogP contribution in [-0.4, -0.2) is 48.2 Å². The zero-order valence-corrected chi connectivity index (χ0v) is 15.8. The van der Waals surface area contributed by atoms with Crippen molar-refractivity contribution >= 4 is 5.91 Å².